The van der Waals surface area contributed by atoms with Crippen LogP contribution in [0.5, 0.6) is 0 Å². The molecule has 0 bridgehead atoms. The zero-order valence-electron chi connectivity index (χ0n) is 10.4. The second-order valence-electron chi connectivity index (χ2n) is 5.52. The average Bonchev–Trinajstić information content (AvgIpc) is 3.00. The first kappa shape index (κ1) is 11.3. The molecule has 1 aromatic heterocycles. The molecule has 0 radical (unpaired) electrons. The minimum Gasteiger partial charge on any atom is -0.472 e. The third-order valence-corrected chi connectivity index (χ3v) is 4.32. The van der Waals surface area contributed by atoms with E-state index >= 15 is 0 Å². The van der Waals surface area contributed by atoms with Crippen molar-refractivity contribution in [3.63, 3.8) is 0 Å². The quantitative estimate of drug-likeness (QED) is 0.791. The third-order valence-electron chi connectivity index (χ3n) is 4.32. The van der Waals surface area contributed by atoms with Crippen molar-refractivity contribution in [3.8, 4) is 0 Å². The molecule has 1 aromatic rings. The molecular weight excluding hydrogens is 212 g/mol. The van der Waals surface area contributed by atoms with Gasteiger partial charge in [-0.2, -0.15) is 0 Å². The van der Waals surface area contributed by atoms with Gasteiger partial charge in [0.15, 0.2) is 0 Å². The van der Waals surface area contributed by atoms with Gasteiger partial charge in [0.1, 0.15) is 0 Å². The van der Waals surface area contributed by atoms with E-state index < -0.39 is 0 Å². The van der Waals surface area contributed by atoms with Crippen molar-refractivity contribution in [1.29, 1.82) is 0 Å². The minimum absolute atomic E-state index is 0.928. The van der Waals surface area contributed by atoms with Crippen LogP contribution in [0.1, 0.15) is 24.8 Å². The Morgan fingerprint density at radius 3 is 2.82 bits per heavy atom. The smallest absolute Gasteiger partial charge is 0.0947 e. The van der Waals surface area contributed by atoms with Crippen molar-refractivity contribution in [2.24, 2.45) is 11.8 Å². The largest absolute Gasteiger partial charge is 0.472 e. The molecule has 1 aliphatic carbocycles. The molecule has 0 amide bonds. The Kier molecular flexibility index (Phi) is 3.48. The zero-order chi connectivity index (χ0) is 11.5. The molecule has 3 nitrogen and oxygen atoms in total. The lowest BCUT2D eigenvalue weighted by molar-refractivity contribution is 0.309. The van der Waals surface area contributed by atoms with Crippen LogP contribution in [-0.2, 0) is 6.54 Å². The van der Waals surface area contributed by atoms with Gasteiger partial charge < -0.3 is 14.6 Å². The van der Waals surface area contributed by atoms with Gasteiger partial charge in [-0.3, -0.25) is 0 Å². The molecule has 1 saturated carbocycles. The second kappa shape index (κ2) is 5.23. The van der Waals surface area contributed by atoms with Crippen molar-refractivity contribution in [3.05, 3.63) is 24.2 Å². The molecule has 1 saturated heterocycles. The normalized spacial score (nSPS) is 28.7. The monoisotopic (exact) mass is 234 g/mol. The minimum atomic E-state index is 0.928. The molecule has 2 aliphatic rings. The first-order valence-electron chi connectivity index (χ1n) is 6.86. The second-order valence-corrected chi connectivity index (χ2v) is 5.52. The summed E-state index contributed by atoms with van der Waals surface area (Å²) >= 11 is 0. The Morgan fingerprint density at radius 2 is 2.12 bits per heavy atom. The summed E-state index contributed by atoms with van der Waals surface area (Å²) in [6.45, 7) is 5.91. The van der Waals surface area contributed by atoms with Gasteiger partial charge >= 0.3 is 0 Å². The maximum atomic E-state index is 5.04. The van der Waals surface area contributed by atoms with E-state index in [1.54, 1.807) is 6.26 Å². The molecule has 3 rings (SSSR count). The van der Waals surface area contributed by atoms with E-state index in [0.29, 0.717) is 0 Å². The van der Waals surface area contributed by atoms with Crippen molar-refractivity contribution in [1.82, 2.24) is 10.2 Å². The molecule has 2 heterocycles. The Hall–Kier alpha value is -0.800. The number of fused-ring (bicyclic) bond motifs is 1. The van der Waals surface area contributed by atoms with Gasteiger partial charge in [0.05, 0.1) is 12.5 Å². The molecule has 1 aliphatic heterocycles. The fourth-order valence-corrected chi connectivity index (χ4v) is 3.38. The van der Waals surface area contributed by atoms with E-state index in [4.69, 9.17) is 4.42 Å². The summed E-state index contributed by atoms with van der Waals surface area (Å²) < 4.78 is 5.04. The lowest BCUT2D eigenvalue weighted by Gasteiger charge is -2.16. The number of hydrogen-bond acceptors (Lipinski definition) is 3. The number of hydrogen-bond donors (Lipinski definition) is 1. The van der Waals surface area contributed by atoms with Gasteiger partial charge in [0.2, 0.25) is 0 Å². The van der Waals surface area contributed by atoms with E-state index in [1.165, 1.54) is 44.5 Å². The standard InChI is InChI=1S/C14H22N2O/c1-2-13-9-16(10-14(13)3-1)6-5-15-8-12-4-7-17-11-12/h4,7,11,13-15H,1-3,5-6,8-10H2. The van der Waals surface area contributed by atoms with Crippen LogP contribution in [0.3, 0.4) is 0 Å². The molecule has 0 spiro atoms. The zero-order valence-corrected chi connectivity index (χ0v) is 10.4. The highest BCUT2D eigenvalue weighted by Gasteiger charge is 2.35. The highest BCUT2D eigenvalue weighted by molar-refractivity contribution is 5.04. The average molecular weight is 234 g/mol. The summed E-state index contributed by atoms with van der Waals surface area (Å²) in [5, 5.41) is 3.48. The Balaban J connectivity index is 1.33. The highest BCUT2D eigenvalue weighted by Crippen LogP contribution is 2.37. The summed E-state index contributed by atoms with van der Waals surface area (Å²) in [6.07, 6.45) is 7.97. The first-order valence-corrected chi connectivity index (χ1v) is 6.86. The predicted octanol–water partition coefficient (Wildman–Crippen LogP) is 2.10. The molecule has 3 heteroatoms. The lowest BCUT2D eigenvalue weighted by Crippen LogP contribution is -2.30. The fourth-order valence-electron chi connectivity index (χ4n) is 3.38. The van der Waals surface area contributed by atoms with E-state index in [-0.39, 0.29) is 0 Å². The van der Waals surface area contributed by atoms with Crippen molar-refractivity contribution in [2.75, 3.05) is 26.2 Å². The number of nitrogens with one attached hydrogen (secondary N) is 1. The summed E-state index contributed by atoms with van der Waals surface area (Å²) in [5.74, 6) is 2.03. The van der Waals surface area contributed by atoms with E-state index in [9.17, 15) is 0 Å². The van der Waals surface area contributed by atoms with Crippen molar-refractivity contribution < 1.29 is 4.42 Å². The van der Waals surface area contributed by atoms with Crippen LogP contribution in [-0.4, -0.2) is 31.1 Å². The van der Waals surface area contributed by atoms with Gasteiger partial charge in [-0.1, -0.05) is 6.42 Å². The van der Waals surface area contributed by atoms with Crippen LogP contribution in [0.4, 0.5) is 0 Å². The highest BCUT2D eigenvalue weighted by atomic mass is 16.3. The molecule has 2 unspecified atom stereocenters. The molecule has 17 heavy (non-hydrogen) atoms. The van der Waals surface area contributed by atoms with Gasteiger partial charge in [-0.05, 0) is 30.7 Å². The van der Waals surface area contributed by atoms with Crippen molar-refractivity contribution >= 4 is 0 Å². The van der Waals surface area contributed by atoms with E-state index in [2.05, 4.69) is 10.2 Å². The summed E-state index contributed by atoms with van der Waals surface area (Å²) in [7, 11) is 0. The number of nitrogens with zero attached hydrogens (tertiary/aromatic N) is 1. The molecular formula is C14H22N2O. The number of likely N-dealkylation sites (tertiary alicyclic amines) is 1. The molecule has 94 valence electrons. The third kappa shape index (κ3) is 2.72. The molecule has 2 atom stereocenters. The lowest BCUT2D eigenvalue weighted by atomic mass is 10.0. The van der Waals surface area contributed by atoms with Crippen LogP contribution in [0.25, 0.3) is 0 Å². The van der Waals surface area contributed by atoms with Crippen LogP contribution >= 0.6 is 0 Å². The first-order chi connectivity index (χ1) is 8.42. The summed E-state index contributed by atoms with van der Waals surface area (Å²) in [4.78, 5) is 2.64. The molecule has 0 aromatic carbocycles. The number of furan rings is 1. The van der Waals surface area contributed by atoms with Crippen LogP contribution < -0.4 is 5.32 Å². The van der Waals surface area contributed by atoms with Gasteiger partial charge in [0.25, 0.3) is 0 Å². The van der Waals surface area contributed by atoms with Crippen LogP contribution in [0.2, 0.25) is 0 Å². The Bertz CT molecular complexity index is 324. The van der Waals surface area contributed by atoms with Gasteiger partial charge in [-0.15, -0.1) is 0 Å². The van der Waals surface area contributed by atoms with Crippen molar-refractivity contribution in [2.45, 2.75) is 25.8 Å². The van der Waals surface area contributed by atoms with Crippen LogP contribution in [0.15, 0.2) is 23.0 Å². The number of rotatable bonds is 5. The topological polar surface area (TPSA) is 28.4 Å². The Labute approximate surface area is 103 Å². The Morgan fingerprint density at radius 1 is 1.29 bits per heavy atom. The summed E-state index contributed by atoms with van der Waals surface area (Å²) in [6, 6.07) is 2.02. The predicted molar refractivity (Wildman–Crippen MR) is 67.7 cm³/mol. The van der Waals surface area contributed by atoms with E-state index in [0.717, 1.165) is 24.9 Å². The van der Waals surface area contributed by atoms with Crippen LogP contribution in [0, 0.1) is 11.8 Å². The van der Waals surface area contributed by atoms with E-state index in [1.807, 2.05) is 12.3 Å². The maximum Gasteiger partial charge on any atom is 0.0947 e. The van der Waals surface area contributed by atoms with Gasteiger partial charge in [0, 0.05) is 38.3 Å². The maximum absolute atomic E-state index is 5.04. The molecule has 2 fully saturated rings. The fraction of sp³-hybridized carbons (Fsp3) is 0.714. The van der Waals surface area contributed by atoms with Gasteiger partial charge in [-0.25, -0.2) is 0 Å². The SMILES string of the molecule is c1cc(CNCCN2CC3CCCC3C2)co1. The molecule has 1 N–H and O–H groups in total. The summed E-state index contributed by atoms with van der Waals surface area (Å²) in [5.41, 5.74) is 1.24.